The number of rotatable bonds is 2. The zero-order valence-electron chi connectivity index (χ0n) is 7.27. The predicted molar refractivity (Wildman–Crippen MR) is 60.0 cm³/mol. The highest BCUT2D eigenvalue weighted by Crippen LogP contribution is 2.17. The molecule has 3 N–H and O–H groups in total. The van der Waals surface area contributed by atoms with Crippen LogP contribution >= 0.6 is 28.3 Å². The van der Waals surface area contributed by atoms with Gasteiger partial charge in [-0.05, 0) is 24.6 Å². The summed E-state index contributed by atoms with van der Waals surface area (Å²) in [4.78, 5) is 0. The van der Waals surface area contributed by atoms with Crippen LogP contribution in [0.15, 0.2) is 28.7 Å². The maximum absolute atomic E-state index is 9.21. The highest BCUT2D eigenvalue weighted by Gasteiger charge is 2.10. The van der Waals surface area contributed by atoms with Gasteiger partial charge in [0, 0.05) is 4.47 Å². The third kappa shape index (κ3) is 3.65. The lowest BCUT2D eigenvalue weighted by atomic mass is 10.0. The second-order valence-electron chi connectivity index (χ2n) is 2.82. The number of aliphatic hydroxyl groups is 1. The second kappa shape index (κ2) is 5.60. The molecule has 0 aliphatic rings. The molecule has 1 rings (SSSR count). The lowest BCUT2D eigenvalue weighted by molar-refractivity contribution is 0.164. The summed E-state index contributed by atoms with van der Waals surface area (Å²) in [5, 5.41) is 9.21. The van der Waals surface area contributed by atoms with Crippen LogP contribution in [0.25, 0.3) is 0 Å². The van der Waals surface area contributed by atoms with Gasteiger partial charge in [-0.3, -0.25) is 0 Å². The Morgan fingerprint density at radius 1 is 1.31 bits per heavy atom. The lowest BCUT2D eigenvalue weighted by Crippen LogP contribution is -2.22. The molecule has 0 heterocycles. The van der Waals surface area contributed by atoms with E-state index in [2.05, 4.69) is 15.9 Å². The number of aliphatic hydroxyl groups excluding tert-OH is 1. The van der Waals surface area contributed by atoms with Crippen molar-refractivity contribution in [2.45, 2.75) is 19.1 Å². The Bertz CT molecular complexity index is 250. The van der Waals surface area contributed by atoms with E-state index in [9.17, 15) is 5.11 Å². The van der Waals surface area contributed by atoms with Gasteiger partial charge in [0.2, 0.25) is 0 Å². The molecule has 74 valence electrons. The van der Waals surface area contributed by atoms with E-state index < -0.39 is 6.10 Å². The van der Waals surface area contributed by atoms with Crippen LogP contribution < -0.4 is 5.73 Å². The van der Waals surface area contributed by atoms with E-state index in [1.165, 1.54) is 0 Å². The monoisotopic (exact) mass is 265 g/mol. The van der Waals surface area contributed by atoms with Crippen molar-refractivity contribution in [3.05, 3.63) is 34.3 Å². The molecule has 0 bridgehead atoms. The molecule has 2 nitrogen and oxygen atoms in total. The normalized spacial score (nSPS) is 14.5. The quantitative estimate of drug-likeness (QED) is 0.862. The summed E-state index contributed by atoms with van der Waals surface area (Å²) < 4.78 is 1.02. The van der Waals surface area contributed by atoms with Crippen molar-refractivity contribution >= 4 is 28.3 Å². The molecule has 1 unspecified atom stereocenters. The first-order valence-corrected chi connectivity index (χ1v) is 4.59. The average Bonchev–Trinajstić information content (AvgIpc) is 2.04. The Balaban J connectivity index is 0.00000144. The summed E-state index contributed by atoms with van der Waals surface area (Å²) in [6.07, 6.45) is -0.508. The van der Waals surface area contributed by atoms with Crippen LogP contribution in [0.1, 0.15) is 18.5 Å². The molecule has 1 aromatic rings. The molecule has 0 aliphatic heterocycles. The van der Waals surface area contributed by atoms with Gasteiger partial charge in [-0.1, -0.05) is 28.1 Å². The summed E-state index contributed by atoms with van der Waals surface area (Å²) in [6.45, 7) is 1.69. The topological polar surface area (TPSA) is 46.2 Å². The third-order valence-corrected chi connectivity index (χ3v) is 2.30. The van der Waals surface area contributed by atoms with Crippen LogP contribution in [0, 0.1) is 0 Å². The molecular weight excluding hydrogens is 253 g/mol. The minimum atomic E-state index is -0.508. The van der Waals surface area contributed by atoms with Crippen LogP contribution in [-0.4, -0.2) is 11.2 Å². The van der Waals surface area contributed by atoms with Crippen molar-refractivity contribution < 1.29 is 5.11 Å². The van der Waals surface area contributed by atoms with E-state index in [0.717, 1.165) is 10.0 Å². The lowest BCUT2D eigenvalue weighted by Gasteiger charge is -2.14. The van der Waals surface area contributed by atoms with Crippen molar-refractivity contribution in [2.75, 3.05) is 0 Å². The number of hydrogen-bond donors (Lipinski definition) is 2. The Labute approximate surface area is 92.7 Å². The first kappa shape index (κ1) is 12.9. The SMILES string of the molecule is C[C@H](O)C(N)c1ccc(Br)cc1.Cl. The largest absolute Gasteiger partial charge is 0.391 e. The van der Waals surface area contributed by atoms with Gasteiger partial charge in [0.15, 0.2) is 0 Å². The molecule has 4 heteroatoms. The van der Waals surface area contributed by atoms with Crippen LogP contribution in [0.4, 0.5) is 0 Å². The Morgan fingerprint density at radius 3 is 2.15 bits per heavy atom. The summed E-state index contributed by atoms with van der Waals surface area (Å²) >= 11 is 3.33. The van der Waals surface area contributed by atoms with Crippen LogP contribution in [0.3, 0.4) is 0 Å². The summed E-state index contributed by atoms with van der Waals surface area (Å²) in [5.74, 6) is 0. The van der Waals surface area contributed by atoms with Crippen molar-refractivity contribution in [3.8, 4) is 0 Å². The maximum atomic E-state index is 9.21. The molecule has 0 fully saturated rings. The van der Waals surface area contributed by atoms with Crippen molar-refractivity contribution in [1.29, 1.82) is 0 Å². The molecule has 0 radical (unpaired) electrons. The van der Waals surface area contributed by atoms with Crippen molar-refractivity contribution in [3.63, 3.8) is 0 Å². The van der Waals surface area contributed by atoms with E-state index in [-0.39, 0.29) is 18.4 Å². The molecule has 13 heavy (non-hydrogen) atoms. The highest BCUT2D eigenvalue weighted by molar-refractivity contribution is 9.10. The second-order valence-corrected chi connectivity index (χ2v) is 3.73. The van der Waals surface area contributed by atoms with Gasteiger partial charge in [0.05, 0.1) is 12.1 Å². The van der Waals surface area contributed by atoms with E-state index in [0.29, 0.717) is 0 Å². The van der Waals surface area contributed by atoms with Crippen molar-refractivity contribution in [1.82, 2.24) is 0 Å². The Morgan fingerprint density at radius 2 is 1.77 bits per heavy atom. The molecule has 0 saturated carbocycles. The van der Waals surface area contributed by atoms with Crippen LogP contribution in [0.2, 0.25) is 0 Å². The fraction of sp³-hybridized carbons (Fsp3) is 0.333. The maximum Gasteiger partial charge on any atom is 0.0704 e. The summed E-state index contributed by atoms with van der Waals surface area (Å²) in [5.41, 5.74) is 6.67. The standard InChI is InChI=1S/C9H12BrNO.ClH/c1-6(12)9(11)7-2-4-8(10)5-3-7;/h2-6,9,12H,11H2,1H3;1H/t6-,9?;/m0./s1. The smallest absolute Gasteiger partial charge is 0.0704 e. The molecule has 0 spiro atoms. The average molecular weight is 267 g/mol. The van der Waals surface area contributed by atoms with E-state index in [1.54, 1.807) is 6.92 Å². The fourth-order valence-electron chi connectivity index (χ4n) is 0.964. The molecule has 0 amide bonds. The third-order valence-electron chi connectivity index (χ3n) is 1.77. The first-order chi connectivity index (χ1) is 5.61. The number of nitrogens with two attached hydrogens (primary N) is 1. The van der Waals surface area contributed by atoms with Gasteiger partial charge in [0.1, 0.15) is 0 Å². The zero-order chi connectivity index (χ0) is 9.14. The van der Waals surface area contributed by atoms with Gasteiger partial charge in [-0.15, -0.1) is 12.4 Å². The Hall–Kier alpha value is -0.0900. The first-order valence-electron chi connectivity index (χ1n) is 3.80. The number of hydrogen-bond acceptors (Lipinski definition) is 2. The molecule has 0 aromatic heterocycles. The fourth-order valence-corrected chi connectivity index (χ4v) is 1.23. The molecular formula is C9H13BrClNO. The van der Waals surface area contributed by atoms with Crippen LogP contribution in [0.5, 0.6) is 0 Å². The van der Waals surface area contributed by atoms with E-state index in [4.69, 9.17) is 5.73 Å². The minimum Gasteiger partial charge on any atom is -0.391 e. The van der Waals surface area contributed by atoms with E-state index in [1.807, 2.05) is 24.3 Å². The molecule has 2 atom stereocenters. The molecule has 1 aromatic carbocycles. The summed E-state index contributed by atoms with van der Waals surface area (Å²) in [7, 11) is 0. The highest BCUT2D eigenvalue weighted by atomic mass is 79.9. The van der Waals surface area contributed by atoms with Gasteiger partial charge in [-0.2, -0.15) is 0 Å². The zero-order valence-corrected chi connectivity index (χ0v) is 9.68. The number of halogens is 2. The van der Waals surface area contributed by atoms with Gasteiger partial charge >= 0.3 is 0 Å². The number of benzene rings is 1. The molecule has 0 aliphatic carbocycles. The minimum absolute atomic E-state index is 0. The van der Waals surface area contributed by atoms with Gasteiger partial charge in [-0.25, -0.2) is 0 Å². The van der Waals surface area contributed by atoms with Crippen LogP contribution in [-0.2, 0) is 0 Å². The van der Waals surface area contributed by atoms with E-state index >= 15 is 0 Å². The predicted octanol–water partition coefficient (Wildman–Crippen LogP) is 2.25. The molecule has 0 saturated heterocycles. The van der Waals surface area contributed by atoms with Crippen molar-refractivity contribution in [2.24, 2.45) is 5.73 Å². The Kier molecular flexibility index (Phi) is 5.56. The van der Waals surface area contributed by atoms with Gasteiger partial charge in [0.25, 0.3) is 0 Å². The van der Waals surface area contributed by atoms with Gasteiger partial charge < -0.3 is 10.8 Å². The summed E-state index contributed by atoms with van der Waals surface area (Å²) in [6, 6.07) is 7.34.